The van der Waals surface area contributed by atoms with Crippen molar-refractivity contribution in [2.75, 3.05) is 0 Å². The lowest BCUT2D eigenvalue weighted by Gasteiger charge is -2.08. The summed E-state index contributed by atoms with van der Waals surface area (Å²) in [4.78, 5) is 3.60. The minimum absolute atomic E-state index is 0.703. The second-order valence-electron chi connectivity index (χ2n) is 4.16. The molecule has 1 nitrogen and oxygen atoms in total. The van der Waals surface area contributed by atoms with Crippen LogP contribution in [-0.4, -0.2) is 0 Å². The first-order valence-electron chi connectivity index (χ1n) is 5.85. The van der Waals surface area contributed by atoms with E-state index in [1.807, 2.05) is 42.5 Å². The Morgan fingerprint density at radius 2 is 1.33 bits per heavy atom. The minimum Gasteiger partial charge on any atom is -0.238 e. The average Bonchev–Trinajstić information content (AvgIpc) is 2.46. The molecule has 0 N–H and O–H groups in total. The van der Waals surface area contributed by atoms with Crippen LogP contribution in [-0.2, 0) is 0 Å². The standard InChI is InChI=1S/C17H11N/c1-18-17-12-5-4-10-16(17)15-11-6-8-13-7-2-3-9-14(13)15/h2-12H. The molecule has 0 fully saturated rings. The van der Waals surface area contributed by atoms with Crippen molar-refractivity contribution in [3.8, 4) is 11.1 Å². The quantitative estimate of drug-likeness (QED) is 0.514. The van der Waals surface area contributed by atoms with E-state index in [9.17, 15) is 0 Å². The van der Waals surface area contributed by atoms with Crippen molar-refractivity contribution in [2.45, 2.75) is 0 Å². The van der Waals surface area contributed by atoms with Crippen LogP contribution in [0.15, 0.2) is 66.7 Å². The maximum absolute atomic E-state index is 7.27. The third kappa shape index (κ3) is 1.65. The zero-order valence-corrected chi connectivity index (χ0v) is 9.80. The van der Waals surface area contributed by atoms with Gasteiger partial charge in [0, 0.05) is 0 Å². The SMILES string of the molecule is [C-]#[N+]c1ccccc1-c1cccc2ccccc12. The van der Waals surface area contributed by atoms with Crippen molar-refractivity contribution >= 4 is 16.5 Å². The number of para-hydroxylation sites is 1. The van der Waals surface area contributed by atoms with Gasteiger partial charge in [0.2, 0.25) is 0 Å². The lowest BCUT2D eigenvalue weighted by atomic mass is 9.97. The summed E-state index contributed by atoms with van der Waals surface area (Å²) in [6, 6.07) is 22.2. The van der Waals surface area contributed by atoms with Crippen LogP contribution in [0.25, 0.3) is 26.7 Å². The third-order valence-electron chi connectivity index (χ3n) is 3.10. The lowest BCUT2D eigenvalue weighted by molar-refractivity contribution is 1.66. The van der Waals surface area contributed by atoms with E-state index in [2.05, 4.69) is 29.1 Å². The number of benzene rings is 3. The summed E-state index contributed by atoms with van der Waals surface area (Å²) in [6.07, 6.45) is 0. The Morgan fingerprint density at radius 1 is 0.667 bits per heavy atom. The summed E-state index contributed by atoms with van der Waals surface area (Å²) in [5.41, 5.74) is 2.83. The first kappa shape index (κ1) is 10.6. The summed E-state index contributed by atoms with van der Waals surface area (Å²) < 4.78 is 0. The molecule has 0 radical (unpaired) electrons. The van der Waals surface area contributed by atoms with Crippen LogP contribution in [0.3, 0.4) is 0 Å². The fourth-order valence-corrected chi connectivity index (χ4v) is 2.26. The van der Waals surface area contributed by atoms with E-state index in [-0.39, 0.29) is 0 Å². The average molecular weight is 229 g/mol. The highest BCUT2D eigenvalue weighted by Gasteiger charge is 2.07. The van der Waals surface area contributed by atoms with E-state index in [4.69, 9.17) is 6.57 Å². The highest BCUT2D eigenvalue weighted by atomic mass is 14.6. The van der Waals surface area contributed by atoms with Crippen LogP contribution in [0.4, 0.5) is 5.69 Å². The topological polar surface area (TPSA) is 4.36 Å². The Morgan fingerprint density at radius 3 is 2.22 bits per heavy atom. The highest BCUT2D eigenvalue weighted by molar-refractivity contribution is 5.99. The molecular formula is C17H11N. The van der Waals surface area contributed by atoms with Crippen LogP contribution < -0.4 is 0 Å². The van der Waals surface area contributed by atoms with Crippen molar-refractivity contribution < 1.29 is 0 Å². The molecule has 0 aliphatic heterocycles. The third-order valence-corrected chi connectivity index (χ3v) is 3.10. The highest BCUT2D eigenvalue weighted by Crippen LogP contribution is 2.34. The van der Waals surface area contributed by atoms with Gasteiger partial charge in [0.05, 0.1) is 6.57 Å². The monoisotopic (exact) mass is 229 g/mol. The van der Waals surface area contributed by atoms with Gasteiger partial charge in [-0.1, -0.05) is 66.7 Å². The van der Waals surface area contributed by atoms with Crippen LogP contribution in [0.1, 0.15) is 0 Å². The molecular weight excluding hydrogens is 218 g/mol. The van der Waals surface area contributed by atoms with Crippen molar-refractivity contribution in [2.24, 2.45) is 0 Å². The number of hydrogen-bond donors (Lipinski definition) is 0. The minimum atomic E-state index is 0.703. The predicted octanol–water partition coefficient (Wildman–Crippen LogP) is 5.06. The fraction of sp³-hybridized carbons (Fsp3) is 0. The molecule has 0 amide bonds. The van der Waals surface area contributed by atoms with E-state index in [1.165, 1.54) is 10.8 Å². The van der Waals surface area contributed by atoms with Crippen molar-refractivity contribution in [1.82, 2.24) is 0 Å². The van der Waals surface area contributed by atoms with Gasteiger partial charge in [-0.2, -0.15) is 0 Å². The van der Waals surface area contributed by atoms with E-state index in [0.717, 1.165) is 11.1 Å². The van der Waals surface area contributed by atoms with Gasteiger partial charge in [-0.3, -0.25) is 0 Å². The normalized spacial score (nSPS) is 10.2. The van der Waals surface area contributed by atoms with E-state index < -0.39 is 0 Å². The molecule has 0 atom stereocenters. The van der Waals surface area contributed by atoms with Crippen LogP contribution in [0.2, 0.25) is 0 Å². The van der Waals surface area contributed by atoms with Gasteiger partial charge in [0.15, 0.2) is 5.69 Å². The van der Waals surface area contributed by atoms with Gasteiger partial charge in [-0.25, -0.2) is 4.85 Å². The molecule has 0 aliphatic carbocycles. The first-order chi connectivity index (χ1) is 8.90. The Hall–Kier alpha value is -2.59. The van der Waals surface area contributed by atoms with Crippen molar-refractivity contribution in [3.05, 3.63) is 78.1 Å². The zero-order valence-electron chi connectivity index (χ0n) is 9.80. The molecule has 0 saturated carbocycles. The maximum atomic E-state index is 7.27. The molecule has 84 valence electrons. The van der Waals surface area contributed by atoms with Gasteiger partial charge in [-0.05, 0) is 21.9 Å². The lowest BCUT2D eigenvalue weighted by Crippen LogP contribution is -1.81. The summed E-state index contributed by atoms with van der Waals surface area (Å²) in [7, 11) is 0. The van der Waals surface area contributed by atoms with Gasteiger partial charge in [0.1, 0.15) is 0 Å². The van der Waals surface area contributed by atoms with Gasteiger partial charge in [-0.15, -0.1) is 0 Å². The van der Waals surface area contributed by atoms with Crippen LogP contribution in [0, 0.1) is 6.57 Å². The molecule has 0 saturated heterocycles. The molecule has 0 aromatic heterocycles. The Kier molecular flexibility index (Phi) is 2.55. The molecule has 3 aromatic rings. The van der Waals surface area contributed by atoms with Crippen molar-refractivity contribution in [1.29, 1.82) is 0 Å². The number of rotatable bonds is 1. The Labute approximate surface area is 106 Å². The fourth-order valence-electron chi connectivity index (χ4n) is 2.26. The zero-order chi connectivity index (χ0) is 12.4. The molecule has 0 heterocycles. The molecule has 3 aromatic carbocycles. The van der Waals surface area contributed by atoms with Gasteiger partial charge in [0.25, 0.3) is 0 Å². The first-order valence-corrected chi connectivity index (χ1v) is 5.85. The smallest absolute Gasteiger partial charge is 0.194 e. The molecule has 0 spiro atoms. The van der Waals surface area contributed by atoms with Gasteiger partial charge >= 0.3 is 0 Å². The molecule has 1 heteroatoms. The van der Waals surface area contributed by atoms with Crippen LogP contribution in [0.5, 0.6) is 0 Å². The van der Waals surface area contributed by atoms with Crippen molar-refractivity contribution in [3.63, 3.8) is 0 Å². The molecule has 0 aliphatic rings. The molecule has 0 bridgehead atoms. The molecule has 3 rings (SSSR count). The second-order valence-corrected chi connectivity index (χ2v) is 4.16. The number of hydrogen-bond acceptors (Lipinski definition) is 0. The molecule has 18 heavy (non-hydrogen) atoms. The summed E-state index contributed by atoms with van der Waals surface area (Å²) in [6.45, 7) is 7.27. The molecule has 0 unspecified atom stereocenters. The Balaban J connectivity index is 2.36. The van der Waals surface area contributed by atoms with E-state index in [0.29, 0.717) is 5.69 Å². The largest absolute Gasteiger partial charge is 0.238 e. The summed E-state index contributed by atoms with van der Waals surface area (Å²) in [5, 5.41) is 2.39. The maximum Gasteiger partial charge on any atom is 0.194 e. The van der Waals surface area contributed by atoms with Crippen LogP contribution >= 0.6 is 0 Å². The Bertz CT molecular complexity index is 745. The van der Waals surface area contributed by atoms with E-state index >= 15 is 0 Å². The number of fused-ring (bicyclic) bond motifs is 1. The van der Waals surface area contributed by atoms with Gasteiger partial charge < -0.3 is 0 Å². The number of nitrogens with zero attached hydrogens (tertiary/aromatic N) is 1. The summed E-state index contributed by atoms with van der Waals surface area (Å²) in [5.74, 6) is 0. The second kappa shape index (κ2) is 4.35. The predicted molar refractivity (Wildman–Crippen MR) is 75.6 cm³/mol. The van der Waals surface area contributed by atoms with E-state index in [1.54, 1.807) is 0 Å². The summed E-state index contributed by atoms with van der Waals surface area (Å²) >= 11 is 0.